The van der Waals surface area contributed by atoms with Gasteiger partial charge in [0.15, 0.2) is 6.04 Å². The second kappa shape index (κ2) is 4.31. The molecule has 1 rings (SSSR count). The molecular weight excluding hydrogens is 224 g/mol. The maximum atomic E-state index is 10.8. The van der Waals surface area contributed by atoms with Crippen molar-refractivity contribution in [1.29, 1.82) is 0 Å². The number of carboxylic acid groups (broad SMARTS) is 2. The van der Waals surface area contributed by atoms with Gasteiger partial charge in [0, 0.05) is 6.20 Å². The molecule has 0 saturated carbocycles. The van der Waals surface area contributed by atoms with Gasteiger partial charge in [-0.1, -0.05) is 11.6 Å². The van der Waals surface area contributed by atoms with Crippen LogP contribution in [0.15, 0.2) is 6.20 Å². The van der Waals surface area contributed by atoms with Crippen molar-refractivity contribution in [3.63, 3.8) is 0 Å². The first-order valence-electron chi connectivity index (χ1n) is 4.07. The number of halogens is 1. The smallest absolute Gasteiger partial charge is 0.329 e. The summed E-state index contributed by atoms with van der Waals surface area (Å²) in [5.74, 6) is -2.46. The molecule has 1 heterocycles. The van der Waals surface area contributed by atoms with Crippen molar-refractivity contribution in [2.45, 2.75) is 19.4 Å². The topological polar surface area (TPSA) is 92.4 Å². The Bertz CT molecular complexity index is 382. The van der Waals surface area contributed by atoms with Gasteiger partial charge in [-0.3, -0.25) is 9.48 Å². The number of aliphatic carboxylic acids is 2. The van der Waals surface area contributed by atoms with Gasteiger partial charge in [-0.25, -0.2) is 4.79 Å². The van der Waals surface area contributed by atoms with Gasteiger partial charge in [-0.15, -0.1) is 0 Å². The molecule has 0 aromatic carbocycles. The molecule has 0 aliphatic heterocycles. The van der Waals surface area contributed by atoms with Crippen molar-refractivity contribution in [3.05, 3.63) is 16.9 Å². The maximum absolute atomic E-state index is 10.8. The second-order valence-electron chi connectivity index (χ2n) is 2.99. The van der Waals surface area contributed by atoms with Crippen LogP contribution in [0.3, 0.4) is 0 Å². The van der Waals surface area contributed by atoms with Crippen LogP contribution in [0.1, 0.15) is 18.2 Å². The van der Waals surface area contributed by atoms with Crippen LogP contribution in [0.5, 0.6) is 0 Å². The van der Waals surface area contributed by atoms with E-state index in [4.69, 9.17) is 21.8 Å². The van der Waals surface area contributed by atoms with Crippen molar-refractivity contribution < 1.29 is 19.8 Å². The zero-order chi connectivity index (χ0) is 11.6. The Hall–Kier alpha value is -1.56. The van der Waals surface area contributed by atoms with E-state index in [9.17, 15) is 9.59 Å². The SMILES string of the molecule is Cc1nn(C(CC(=O)O)C(=O)O)cc1Cl. The lowest BCUT2D eigenvalue weighted by Crippen LogP contribution is -2.22. The van der Waals surface area contributed by atoms with Crippen LogP contribution < -0.4 is 0 Å². The number of rotatable bonds is 4. The van der Waals surface area contributed by atoms with Crippen LogP contribution in [0.25, 0.3) is 0 Å². The number of aryl methyl sites for hydroxylation is 1. The summed E-state index contributed by atoms with van der Waals surface area (Å²) < 4.78 is 1.05. The maximum Gasteiger partial charge on any atom is 0.329 e. The van der Waals surface area contributed by atoms with E-state index in [-0.39, 0.29) is 0 Å². The average Bonchev–Trinajstić information content (AvgIpc) is 2.42. The van der Waals surface area contributed by atoms with Crippen molar-refractivity contribution in [1.82, 2.24) is 9.78 Å². The highest BCUT2D eigenvalue weighted by Crippen LogP contribution is 2.18. The minimum absolute atomic E-state index is 0.312. The number of carboxylic acids is 2. The monoisotopic (exact) mass is 232 g/mol. The fourth-order valence-corrected chi connectivity index (χ4v) is 1.22. The molecule has 0 aliphatic rings. The molecule has 82 valence electrons. The van der Waals surface area contributed by atoms with E-state index >= 15 is 0 Å². The first-order chi connectivity index (χ1) is 6.91. The van der Waals surface area contributed by atoms with Crippen LogP contribution in [0.2, 0.25) is 5.02 Å². The number of aromatic nitrogens is 2. The van der Waals surface area contributed by atoms with E-state index in [1.165, 1.54) is 6.20 Å². The van der Waals surface area contributed by atoms with Crippen LogP contribution in [-0.4, -0.2) is 31.9 Å². The zero-order valence-corrected chi connectivity index (χ0v) is 8.60. The van der Waals surface area contributed by atoms with Gasteiger partial charge in [0.05, 0.1) is 17.1 Å². The van der Waals surface area contributed by atoms with Crippen molar-refractivity contribution >= 4 is 23.5 Å². The molecule has 1 aromatic rings. The molecule has 0 fully saturated rings. The lowest BCUT2D eigenvalue weighted by molar-refractivity contribution is -0.147. The molecule has 7 heteroatoms. The highest BCUT2D eigenvalue weighted by molar-refractivity contribution is 6.31. The largest absolute Gasteiger partial charge is 0.481 e. The molecule has 6 nitrogen and oxygen atoms in total. The number of nitrogens with zero attached hydrogens (tertiary/aromatic N) is 2. The third-order valence-electron chi connectivity index (χ3n) is 1.83. The van der Waals surface area contributed by atoms with Crippen LogP contribution in [-0.2, 0) is 9.59 Å². The van der Waals surface area contributed by atoms with Crippen LogP contribution >= 0.6 is 11.6 Å². The van der Waals surface area contributed by atoms with E-state index in [0.717, 1.165) is 4.68 Å². The molecular formula is C8H9ClN2O4. The van der Waals surface area contributed by atoms with Crippen molar-refractivity contribution in [2.24, 2.45) is 0 Å². The zero-order valence-electron chi connectivity index (χ0n) is 7.85. The average molecular weight is 233 g/mol. The first-order valence-corrected chi connectivity index (χ1v) is 4.45. The van der Waals surface area contributed by atoms with E-state index in [1.807, 2.05) is 0 Å². The summed E-state index contributed by atoms with van der Waals surface area (Å²) in [5, 5.41) is 21.5. The molecule has 0 bridgehead atoms. The summed E-state index contributed by atoms with van der Waals surface area (Å²) >= 11 is 5.69. The predicted octanol–water partition coefficient (Wildman–Crippen LogP) is 0.945. The van der Waals surface area contributed by atoms with E-state index in [2.05, 4.69) is 5.10 Å². The molecule has 0 aliphatic carbocycles. The van der Waals surface area contributed by atoms with Gasteiger partial charge in [-0.2, -0.15) is 5.10 Å². The van der Waals surface area contributed by atoms with Gasteiger partial charge < -0.3 is 10.2 Å². The minimum Gasteiger partial charge on any atom is -0.481 e. The third kappa shape index (κ3) is 2.69. The molecule has 0 amide bonds. The second-order valence-corrected chi connectivity index (χ2v) is 3.40. The molecule has 0 radical (unpaired) electrons. The Kier molecular flexibility index (Phi) is 3.31. The molecule has 1 unspecified atom stereocenters. The fourth-order valence-electron chi connectivity index (χ4n) is 1.08. The molecule has 2 N–H and O–H groups in total. The summed E-state index contributed by atoms with van der Waals surface area (Å²) in [7, 11) is 0. The molecule has 1 aromatic heterocycles. The number of carbonyl (C=O) groups is 2. The Morgan fingerprint density at radius 3 is 2.53 bits per heavy atom. The predicted molar refractivity (Wildman–Crippen MR) is 50.9 cm³/mol. The van der Waals surface area contributed by atoms with E-state index in [1.54, 1.807) is 6.92 Å². The Morgan fingerprint density at radius 1 is 1.60 bits per heavy atom. The standard InChI is InChI=1S/C8H9ClN2O4/c1-4-5(9)3-11(10-4)6(8(14)15)2-7(12)13/h3,6H,2H2,1H3,(H,12,13)(H,14,15). The minimum atomic E-state index is -1.25. The summed E-state index contributed by atoms with van der Waals surface area (Å²) in [5.41, 5.74) is 0.466. The Labute approximate surface area is 90.1 Å². The summed E-state index contributed by atoms with van der Waals surface area (Å²) in [4.78, 5) is 21.2. The van der Waals surface area contributed by atoms with Gasteiger partial charge in [0.25, 0.3) is 0 Å². The molecule has 0 saturated heterocycles. The van der Waals surface area contributed by atoms with Crippen molar-refractivity contribution in [3.8, 4) is 0 Å². The molecule has 1 atom stereocenters. The Balaban J connectivity index is 2.99. The van der Waals surface area contributed by atoms with Crippen LogP contribution in [0.4, 0.5) is 0 Å². The summed E-state index contributed by atoms with van der Waals surface area (Å²) in [6.07, 6.45) is 0.769. The lowest BCUT2D eigenvalue weighted by atomic mass is 10.2. The summed E-state index contributed by atoms with van der Waals surface area (Å²) in [6, 6.07) is -1.23. The lowest BCUT2D eigenvalue weighted by Gasteiger charge is -2.09. The fraction of sp³-hybridized carbons (Fsp3) is 0.375. The van der Waals surface area contributed by atoms with Crippen LogP contribution in [0, 0.1) is 6.92 Å². The Morgan fingerprint density at radius 2 is 2.20 bits per heavy atom. The number of hydrogen-bond donors (Lipinski definition) is 2. The quantitative estimate of drug-likeness (QED) is 0.806. The van der Waals surface area contributed by atoms with Gasteiger partial charge in [0.1, 0.15) is 0 Å². The highest BCUT2D eigenvalue weighted by Gasteiger charge is 2.24. The summed E-state index contributed by atoms with van der Waals surface area (Å²) in [6.45, 7) is 1.61. The highest BCUT2D eigenvalue weighted by atomic mass is 35.5. The van der Waals surface area contributed by atoms with Gasteiger partial charge in [-0.05, 0) is 6.92 Å². The van der Waals surface area contributed by atoms with E-state index in [0.29, 0.717) is 10.7 Å². The molecule has 0 spiro atoms. The van der Waals surface area contributed by atoms with Crippen molar-refractivity contribution in [2.75, 3.05) is 0 Å². The molecule has 15 heavy (non-hydrogen) atoms. The third-order valence-corrected chi connectivity index (χ3v) is 2.20. The van der Waals surface area contributed by atoms with Gasteiger partial charge in [0.2, 0.25) is 0 Å². The first kappa shape index (κ1) is 11.5. The number of hydrogen-bond acceptors (Lipinski definition) is 3. The van der Waals surface area contributed by atoms with Gasteiger partial charge >= 0.3 is 11.9 Å². The van der Waals surface area contributed by atoms with E-state index < -0.39 is 24.4 Å². The normalized spacial score (nSPS) is 12.4.